The fourth-order valence-electron chi connectivity index (χ4n) is 1.53. The van der Waals surface area contributed by atoms with Crippen molar-refractivity contribution in [2.45, 2.75) is 45.4 Å². The van der Waals surface area contributed by atoms with Gasteiger partial charge in [-0.3, -0.25) is 0 Å². The molecule has 0 fully saturated rings. The number of hydrogen-bond acceptors (Lipinski definition) is 4. The van der Waals surface area contributed by atoms with Gasteiger partial charge in [0, 0.05) is 13.0 Å². The van der Waals surface area contributed by atoms with Gasteiger partial charge < -0.3 is 15.8 Å². The Hall–Kier alpha value is -1.66. The van der Waals surface area contributed by atoms with E-state index in [1.165, 1.54) is 0 Å². The van der Waals surface area contributed by atoms with Gasteiger partial charge >= 0.3 is 6.18 Å². The second kappa shape index (κ2) is 7.21. The Morgan fingerprint density at radius 3 is 2.60 bits per heavy atom. The maximum absolute atomic E-state index is 12.0. The van der Waals surface area contributed by atoms with Gasteiger partial charge in [0.1, 0.15) is 5.82 Å². The van der Waals surface area contributed by atoms with E-state index in [2.05, 4.69) is 10.3 Å². The molecule has 0 aliphatic carbocycles. The van der Waals surface area contributed by atoms with Crippen LogP contribution in [0.5, 0.6) is 5.88 Å². The molecule has 0 radical (unpaired) electrons. The van der Waals surface area contributed by atoms with E-state index in [9.17, 15) is 13.2 Å². The molecule has 0 saturated carbocycles. The fraction of sp³-hybridized carbons (Fsp3) is 0.615. The number of unbranched alkanes of at least 4 members (excludes halogenated alkanes) is 1. The molecule has 0 aliphatic rings. The minimum atomic E-state index is -4.09. The van der Waals surface area contributed by atoms with Gasteiger partial charge in [0.25, 0.3) is 0 Å². The molecule has 3 N–H and O–H groups in total. The van der Waals surface area contributed by atoms with E-state index in [0.29, 0.717) is 30.4 Å². The van der Waals surface area contributed by atoms with Gasteiger partial charge in [-0.05, 0) is 38.8 Å². The van der Waals surface area contributed by atoms with Crippen molar-refractivity contribution >= 4 is 11.5 Å². The van der Waals surface area contributed by atoms with Crippen LogP contribution in [0, 0.1) is 0 Å². The van der Waals surface area contributed by atoms with Crippen LogP contribution in [0.25, 0.3) is 0 Å². The van der Waals surface area contributed by atoms with Crippen molar-refractivity contribution in [2.24, 2.45) is 0 Å². The zero-order chi connectivity index (χ0) is 15.2. The summed E-state index contributed by atoms with van der Waals surface area (Å²) in [7, 11) is 0. The molecule has 1 heterocycles. The lowest BCUT2D eigenvalue weighted by molar-refractivity contribution is -0.135. The van der Waals surface area contributed by atoms with E-state index < -0.39 is 12.6 Å². The summed E-state index contributed by atoms with van der Waals surface area (Å²) in [6.07, 6.45) is -4.37. The Morgan fingerprint density at radius 1 is 1.30 bits per heavy atom. The number of nitrogens with zero attached hydrogens (tertiary/aromatic N) is 1. The Morgan fingerprint density at radius 2 is 2.00 bits per heavy atom. The van der Waals surface area contributed by atoms with Crippen LogP contribution in [-0.2, 0) is 0 Å². The maximum atomic E-state index is 12.0. The van der Waals surface area contributed by atoms with Crippen LogP contribution < -0.4 is 15.8 Å². The average Bonchev–Trinajstić information content (AvgIpc) is 2.30. The lowest BCUT2D eigenvalue weighted by Gasteiger charge is -2.13. The van der Waals surface area contributed by atoms with Crippen LogP contribution in [0.3, 0.4) is 0 Å². The van der Waals surface area contributed by atoms with Gasteiger partial charge in [-0.2, -0.15) is 18.2 Å². The zero-order valence-electron chi connectivity index (χ0n) is 11.6. The van der Waals surface area contributed by atoms with Crippen molar-refractivity contribution in [1.82, 2.24) is 4.98 Å². The first-order valence-electron chi connectivity index (χ1n) is 6.52. The Labute approximate surface area is 116 Å². The van der Waals surface area contributed by atoms with Gasteiger partial charge in [-0.25, -0.2) is 0 Å². The van der Waals surface area contributed by atoms with Crippen LogP contribution in [0.15, 0.2) is 12.1 Å². The highest BCUT2D eigenvalue weighted by molar-refractivity contribution is 5.53. The molecule has 1 rings (SSSR count). The number of aromatic nitrogens is 1. The SMILES string of the molecule is CC(C)Oc1nc(NCCCCC(F)(F)F)ccc1N. The molecule has 114 valence electrons. The van der Waals surface area contributed by atoms with Gasteiger partial charge in [-0.1, -0.05) is 0 Å². The predicted octanol–water partition coefficient (Wildman–Crippen LogP) is 3.60. The topological polar surface area (TPSA) is 60.2 Å². The first-order valence-corrected chi connectivity index (χ1v) is 6.52. The molecular formula is C13H20F3N3O. The van der Waals surface area contributed by atoms with Gasteiger partial charge in [0.15, 0.2) is 0 Å². The van der Waals surface area contributed by atoms with Crippen LogP contribution in [0.2, 0.25) is 0 Å². The van der Waals surface area contributed by atoms with Gasteiger partial charge in [0.2, 0.25) is 5.88 Å². The van der Waals surface area contributed by atoms with E-state index in [1.807, 2.05) is 13.8 Å². The third-order valence-corrected chi connectivity index (χ3v) is 2.43. The van der Waals surface area contributed by atoms with Crippen molar-refractivity contribution in [2.75, 3.05) is 17.6 Å². The number of nitrogens with one attached hydrogen (secondary N) is 1. The number of hydrogen-bond donors (Lipinski definition) is 2. The number of anilines is 2. The summed E-state index contributed by atoms with van der Waals surface area (Å²) in [6.45, 7) is 4.14. The number of halogens is 3. The molecule has 0 amide bonds. The van der Waals surface area contributed by atoms with E-state index in [-0.39, 0.29) is 12.5 Å². The summed E-state index contributed by atoms with van der Waals surface area (Å²) in [5, 5.41) is 2.96. The molecule has 0 unspecified atom stereocenters. The number of pyridine rings is 1. The lowest BCUT2D eigenvalue weighted by atomic mass is 10.2. The van der Waals surface area contributed by atoms with E-state index >= 15 is 0 Å². The molecule has 7 heteroatoms. The van der Waals surface area contributed by atoms with Crippen molar-refractivity contribution in [1.29, 1.82) is 0 Å². The molecule has 20 heavy (non-hydrogen) atoms. The molecule has 0 aromatic carbocycles. The van der Waals surface area contributed by atoms with E-state index in [1.54, 1.807) is 12.1 Å². The molecule has 4 nitrogen and oxygen atoms in total. The molecule has 1 aromatic rings. The van der Waals surface area contributed by atoms with Crippen LogP contribution in [-0.4, -0.2) is 23.8 Å². The molecule has 0 aliphatic heterocycles. The number of rotatable bonds is 7. The second-order valence-electron chi connectivity index (χ2n) is 4.76. The third kappa shape index (κ3) is 6.49. The number of alkyl halides is 3. The highest BCUT2D eigenvalue weighted by atomic mass is 19.4. The molecule has 0 bridgehead atoms. The first-order chi connectivity index (χ1) is 9.28. The maximum Gasteiger partial charge on any atom is 0.389 e. The Bertz CT molecular complexity index is 422. The Balaban J connectivity index is 2.40. The monoisotopic (exact) mass is 291 g/mol. The van der Waals surface area contributed by atoms with Gasteiger partial charge in [-0.15, -0.1) is 0 Å². The molecule has 0 spiro atoms. The van der Waals surface area contributed by atoms with Crippen LogP contribution in [0.4, 0.5) is 24.7 Å². The average molecular weight is 291 g/mol. The minimum absolute atomic E-state index is 0.0492. The smallest absolute Gasteiger partial charge is 0.389 e. The normalized spacial score (nSPS) is 11.7. The number of nitrogens with two attached hydrogens (primary N) is 1. The summed E-state index contributed by atoms with van der Waals surface area (Å²) < 4.78 is 41.3. The second-order valence-corrected chi connectivity index (χ2v) is 4.76. The third-order valence-electron chi connectivity index (χ3n) is 2.43. The van der Waals surface area contributed by atoms with Gasteiger partial charge in [0.05, 0.1) is 11.8 Å². The van der Waals surface area contributed by atoms with Crippen molar-refractivity contribution in [3.8, 4) is 5.88 Å². The van der Waals surface area contributed by atoms with Crippen molar-refractivity contribution in [3.05, 3.63) is 12.1 Å². The standard InChI is InChI=1S/C13H20F3N3O/c1-9(2)20-12-10(17)5-6-11(19-12)18-8-4-3-7-13(14,15)16/h5-6,9H,3-4,7-8,17H2,1-2H3,(H,18,19). The predicted molar refractivity (Wildman–Crippen MR) is 72.8 cm³/mol. The molecule has 1 aromatic heterocycles. The lowest BCUT2D eigenvalue weighted by Crippen LogP contribution is -2.11. The summed E-state index contributed by atoms with van der Waals surface area (Å²) in [5.41, 5.74) is 6.15. The first kappa shape index (κ1) is 16.4. The van der Waals surface area contributed by atoms with Crippen molar-refractivity contribution < 1.29 is 17.9 Å². The Kier molecular flexibility index (Phi) is 5.91. The highest BCUT2D eigenvalue weighted by Crippen LogP contribution is 2.23. The van der Waals surface area contributed by atoms with E-state index in [4.69, 9.17) is 10.5 Å². The van der Waals surface area contributed by atoms with Crippen LogP contribution >= 0.6 is 0 Å². The minimum Gasteiger partial charge on any atom is -0.473 e. The molecule has 0 atom stereocenters. The van der Waals surface area contributed by atoms with Crippen molar-refractivity contribution in [3.63, 3.8) is 0 Å². The zero-order valence-corrected chi connectivity index (χ0v) is 11.6. The quantitative estimate of drug-likeness (QED) is 0.754. The van der Waals surface area contributed by atoms with E-state index in [0.717, 1.165) is 0 Å². The summed E-state index contributed by atoms with van der Waals surface area (Å²) in [4.78, 5) is 4.18. The molecule has 0 saturated heterocycles. The number of ether oxygens (including phenoxy) is 1. The summed E-state index contributed by atoms with van der Waals surface area (Å²) in [6, 6.07) is 3.33. The summed E-state index contributed by atoms with van der Waals surface area (Å²) >= 11 is 0. The highest BCUT2D eigenvalue weighted by Gasteiger charge is 2.25. The fourth-order valence-corrected chi connectivity index (χ4v) is 1.53. The summed E-state index contributed by atoms with van der Waals surface area (Å²) in [5.74, 6) is 0.877. The molecular weight excluding hydrogens is 271 g/mol. The largest absolute Gasteiger partial charge is 0.473 e. The number of nitrogen functional groups attached to an aromatic ring is 1. The van der Waals surface area contributed by atoms with Crippen LogP contribution in [0.1, 0.15) is 33.1 Å².